The number of likely N-dealkylation sites (tertiary alicyclic amines) is 1. The van der Waals surface area contributed by atoms with Gasteiger partial charge in [0, 0.05) is 12.6 Å². The summed E-state index contributed by atoms with van der Waals surface area (Å²) in [4.78, 5) is 25.1. The topological polar surface area (TPSA) is 81.9 Å². The number of nitrogens with zero attached hydrogens (tertiary/aromatic N) is 1. The van der Waals surface area contributed by atoms with Crippen molar-refractivity contribution >= 4 is 24.5 Å². The van der Waals surface area contributed by atoms with Crippen LogP contribution < -0.4 is 5.73 Å². The standard InChI is InChI=1S/C12H22N2O4.ClH/c1-5-17-10(15)9-6-8(13)7-14(9)11(16)18-12(2,3)4;/h8-9H,5-7,13H2,1-4H3;1H. The van der Waals surface area contributed by atoms with Crippen LogP contribution in [0.15, 0.2) is 0 Å². The normalized spacial score (nSPS) is 22.7. The molecule has 2 N–H and O–H groups in total. The van der Waals surface area contributed by atoms with Crippen molar-refractivity contribution in [2.24, 2.45) is 5.73 Å². The molecule has 19 heavy (non-hydrogen) atoms. The minimum Gasteiger partial charge on any atom is -0.464 e. The highest BCUT2D eigenvalue weighted by atomic mass is 35.5. The minimum atomic E-state index is -0.630. The molecule has 0 spiro atoms. The smallest absolute Gasteiger partial charge is 0.411 e. The molecular formula is C12H23ClN2O4. The summed E-state index contributed by atoms with van der Waals surface area (Å²) in [5.74, 6) is -0.420. The first kappa shape index (κ1) is 18.0. The lowest BCUT2D eigenvalue weighted by atomic mass is 10.2. The Morgan fingerprint density at radius 2 is 1.95 bits per heavy atom. The van der Waals surface area contributed by atoms with Gasteiger partial charge in [0.05, 0.1) is 6.61 Å². The lowest BCUT2D eigenvalue weighted by molar-refractivity contribution is -0.148. The fourth-order valence-corrected chi connectivity index (χ4v) is 1.85. The van der Waals surface area contributed by atoms with Crippen LogP contribution in [0.1, 0.15) is 34.1 Å². The van der Waals surface area contributed by atoms with Gasteiger partial charge >= 0.3 is 12.1 Å². The molecule has 1 heterocycles. The third-order valence-electron chi connectivity index (χ3n) is 2.52. The van der Waals surface area contributed by atoms with E-state index in [1.54, 1.807) is 27.7 Å². The number of nitrogens with two attached hydrogens (primary N) is 1. The van der Waals surface area contributed by atoms with E-state index in [9.17, 15) is 9.59 Å². The Hall–Kier alpha value is -1.01. The van der Waals surface area contributed by atoms with E-state index in [2.05, 4.69) is 0 Å². The predicted molar refractivity (Wildman–Crippen MR) is 73.2 cm³/mol. The van der Waals surface area contributed by atoms with Crippen molar-refractivity contribution in [2.75, 3.05) is 13.2 Å². The summed E-state index contributed by atoms with van der Waals surface area (Å²) >= 11 is 0. The molecule has 1 amide bonds. The molecule has 1 aliphatic heterocycles. The zero-order valence-electron chi connectivity index (χ0n) is 11.8. The monoisotopic (exact) mass is 294 g/mol. The average Bonchev–Trinajstić information content (AvgIpc) is 2.58. The van der Waals surface area contributed by atoms with Gasteiger partial charge in [-0.05, 0) is 34.1 Å². The third-order valence-corrected chi connectivity index (χ3v) is 2.52. The van der Waals surface area contributed by atoms with Gasteiger partial charge in [0.25, 0.3) is 0 Å². The van der Waals surface area contributed by atoms with Crippen molar-refractivity contribution in [1.82, 2.24) is 4.90 Å². The van der Waals surface area contributed by atoms with E-state index < -0.39 is 23.7 Å². The number of hydrogen-bond donors (Lipinski definition) is 1. The maximum Gasteiger partial charge on any atom is 0.411 e. The quantitative estimate of drug-likeness (QED) is 0.777. The highest BCUT2D eigenvalue weighted by molar-refractivity contribution is 5.85. The molecular weight excluding hydrogens is 272 g/mol. The fourth-order valence-electron chi connectivity index (χ4n) is 1.85. The van der Waals surface area contributed by atoms with E-state index >= 15 is 0 Å². The van der Waals surface area contributed by atoms with Crippen LogP contribution in [0.3, 0.4) is 0 Å². The zero-order chi connectivity index (χ0) is 13.9. The summed E-state index contributed by atoms with van der Waals surface area (Å²) in [6, 6.07) is -0.846. The maximum atomic E-state index is 12.0. The van der Waals surface area contributed by atoms with Crippen LogP contribution in [0.2, 0.25) is 0 Å². The molecule has 1 rings (SSSR count). The highest BCUT2D eigenvalue weighted by Gasteiger charge is 2.40. The molecule has 2 unspecified atom stereocenters. The van der Waals surface area contributed by atoms with Crippen LogP contribution in [-0.4, -0.2) is 47.8 Å². The van der Waals surface area contributed by atoms with Gasteiger partial charge in [-0.15, -0.1) is 12.4 Å². The van der Waals surface area contributed by atoms with E-state index in [0.29, 0.717) is 13.0 Å². The van der Waals surface area contributed by atoms with Crippen molar-refractivity contribution in [3.63, 3.8) is 0 Å². The molecule has 0 aromatic rings. The third kappa shape index (κ3) is 5.24. The summed E-state index contributed by atoms with van der Waals surface area (Å²) in [5.41, 5.74) is 5.20. The number of rotatable bonds is 2. The van der Waals surface area contributed by atoms with E-state index in [1.165, 1.54) is 4.90 Å². The second-order valence-corrected chi connectivity index (χ2v) is 5.40. The number of esters is 1. The lowest BCUT2D eigenvalue weighted by Gasteiger charge is -2.27. The second kappa shape index (κ2) is 6.96. The number of carbonyl (C=O) groups is 2. The summed E-state index contributed by atoms with van der Waals surface area (Å²) < 4.78 is 10.2. The molecule has 0 aliphatic carbocycles. The first-order valence-electron chi connectivity index (χ1n) is 6.16. The molecule has 0 saturated carbocycles. The number of ether oxygens (including phenoxy) is 2. The summed E-state index contributed by atoms with van der Waals surface area (Å²) in [6.45, 7) is 7.66. The average molecular weight is 295 g/mol. The van der Waals surface area contributed by atoms with Gasteiger partial charge in [0.1, 0.15) is 11.6 Å². The van der Waals surface area contributed by atoms with E-state index in [1.807, 2.05) is 0 Å². The highest BCUT2D eigenvalue weighted by Crippen LogP contribution is 2.21. The van der Waals surface area contributed by atoms with Crippen molar-refractivity contribution in [1.29, 1.82) is 0 Å². The van der Waals surface area contributed by atoms with Crippen LogP contribution in [0, 0.1) is 0 Å². The van der Waals surface area contributed by atoms with Crippen LogP contribution in [-0.2, 0) is 14.3 Å². The van der Waals surface area contributed by atoms with Gasteiger partial charge in [-0.25, -0.2) is 9.59 Å². The molecule has 112 valence electrons. The largest absolute Gasteiger partial charge is 0.464 e. The number of carbonyl (C=O) groups excluding carboxylic acids is 2. The Balaban J connectivity index is 0.00000324. The fraction of sp³-hybridized carbons (Fsp3) is 0.833. The van der Waals surface area contributed by atoms with E-state index in [0.717, 1.165) is 0 Å². The van der Waals surface area contributed by atoms with Crippen molar-refractivity contribution < 1.29 is 19.1 Å². The van der Waals surface area contributed by atoms with Gasteiger partial charge < -0.3 is 15.2 Å². The summed E-state index contributed by atoms with van der Waals surface area (Å²) in [7, 11) is 0. The van der Waals surface area contributed by atoms with Crippen molar-refractivity contribution in [2.45, 2.75) is 51.8 Å². The summed E-state index contributed by atoms with van der Waals surface area (Å²) in [5, 5.41) is 0. The second-order valence-electron chi connectivity index (χ2n) is 5.40. The minimum absolute atomic E-state index is 0. The molecule has 1 aliphatic rings. The first-order valence-corrected chi connectivity index (χ1v) is 6.16. The van der Waals surface area contributed by atoms with Gasteiger partial charge in [0.15, 0.2) is 0 Å². The van der Waals surface area contributed by atoms with Crippen molar-refractivity contribution in [3.8, 4) is 0 Å². The molecule has 0 aromatic carbocycles. The van der Waals surface area contributed by atoms with Gasteiger partial charge in [-0.2, -0.15) is 0 Å². The molecule has 0 bridgehead atoms. The van der Waals surface area contributed by atoms with Crippen LogP contribution in [0.5, 0.6) is 0 Å². The molecule has 6 nitrogen and oxygen atoms in total. The number of halogens is 1. The van der Waals surface area contributed by atoms with Crippen LogP contribution >= 0.6 is 12.4 Å². The Bertz CT molecular complexity index is 330. The lowest BCUT2D eigenvalue weighted by Crippen LogP contribution is -2.44. The summed E-state index contributed by atoms with van der Waals surface area (Å²) in [6.07, 6.45) is -0.105. The van der Waals surface area contributed by atoms with Crippen LogP contribution in [0.25, 0.3) is 0 Å². The SMILES string of the molecule is CCOC(=O)C1CC(N)CN1C(=O)OC(C)(C)C.Cl. The molecule has 0 aromatic heterocycles. The molecule has 7 heteroatoms. The molecule has 1 saturated heterocycles. The van der Waals surface area contributed by atoms with Gasteiger partial charge in [-0.1, -0.05) is 0 Å². The number of amides is 1. The molecule has 0 radical (unpaired) electrons. The Morgan fingerprint density at radius 3 is 2.42 bits per heavy atom. The van der Waals surface area contributed by atoms with E-state index in [-0.39, 0.29) is 25.1 Å². The maximum absolute atomic E-state index is 12.0. The first-order chi connectivity index (χ1) is 8.24. The Morgan fingerprint density at radius 1 is 1.37 bits per heavy atom. The van der Waals surface area contributed by atoms with Crippen LogP contribution in [0.4, 0.5) is 4.79 Å². The van der Waals surface area contributed by atoms with Gasteiger partial charge in [0.2, 0.25) is 0 Å². The number of hydrogen-bond acceptors (Lipinski definition) is 5. The Labute approximate surface area is 120 Å². The Kier molecular flexibility index (Phi) is 6.59. The van der Waals surface area contributed by atoms with Crippen molar-refractivity contribution in [3.05, 3.63) is 0 Å². The molecule has 2 atom stereocenters. The van der Waals surface area contributed by atoms with Gasteiger partial charge in [-0.3, -0.25) is 4.90 Å². The predicted octanol–water partition coefficient (Wildman–Crippen LogP) is 1.31. The van der Waals surface area contributed by atoms with E-state index in [4.69, 9.17) is 15.2 Å². The zero-order valence-corrected chi connectivity index (χ0v) is 12.7. The molecule has 1 fully saturated rings.